The third kappa shape index (κ3) is 4.28. The average Bonchev–Trinajstić information content (AvgIpc) is 3.07. The number of rotatable bonds is 5. The largest absolute Gasteiger partial charge is 0.465 e. The molecule has 0 unspecified atom stereocenters. The molecule has 0 radical (unpaired) electrons. The van der Waals surface area contributed by atoms with E-state index in [-0.39, 0.29) is 23.5 Å². The van der Waals surface area contributed by atoms with Gasteiger partial charge in [0.2, 0.25) is 0 Å². The quantitative estimate of drug-likeness (QED) is 0.457. The van der Waals surface area contributed by atoms with Crippen molar-refractivity contribution in [2.45, 2.75) is 6.92 Å². The predicted molar refractivity (Wildman–Crippen MR) is 90.7 cm³/mol. The van der Waals surface area contributed by atoms with E-state index in [9.17, 15) is 9.59 Å². The zero-order valence-corrected chi connectivity index (χ0v) is 14.3. The first kappa shape index (κ1) is 18.3. The Hall–Kier alpha value is -3.04. The smallest absolute Gasteiger partial charge is 0.349 e. The summed E-state index contributed by atoms with van der Waals surface area (Å²) in [6.45, 7) is 1.80. The minimum Gasteiger partial charge on any atom is -0.465 e. The second-order valence-corrected chi connectivity index (χ2v) is 5.21. The first-order valence-electron chi connectivity index (χ1n) is 7.27. The molecule has 128 valence electrons. The summed E-state index contributed by atoms with van der Waals surface area (Å²) in [6, 6.07) is 9.59. The summed E-state index contributed by atoms with van der Waals surface area (Å²) in [7, 11) is 1.27. The molecule has 2 aromatic rings. The number of halogens is 1. The fourth-order valence-electron chi connectivity index (χ4n) is 2.07. The molecule has 0 bridgehead atoms. The molecule has 0 aliphatic carbocycles. The first-order valence-corrected chi connectivity index (χ1v) is 7.65. The van der Waals surface area contributed by atoms with Gasteiger partial charge < -0.3 is 13.9 Å². The third-order valence-electron chi connectivity index (χ3n) is 3.18. The number of carbonyl (C=O) groups excluding carboxylic acids is 2. The third-order valence-corrected chi connectivity index (χ3v) is 3.42. The van der Waals surface area contributed by atoms with Crippen molar-refractivity contribution >= 4 is 29.6 Å². The number of esters is 2. The van der Waals surface area contributed by atoms with Crippen molar-refractivity contribution in [3.05, 3.63) is 52.3 Å². The second kappa shape index (κ2) is 8.18. The van der Waals surface area contributed by atoms with Crippen LogP contribution in [-0.2, 0) is 14.3 Å². The summed E-state index contributed by atoms with van der Waals surface area (Å²) in [5.74, 6) is -0.670. The van der Waals surface area contributed by atoms with Gasteiger partial charge in [-0.2, -0.15) is 5.26 Å². The normalized spacial score (nSPS) is 10.9. The summed E-state index contributed by atoms with van der Waals surface area (Å²) >= 11 is 5.99. The van der Waals surface area contributed by atoms with E-state index in [1.807, 2.05) is 0 Å². The van der Waals surface area contributed by atoms with Crippen molar-refractivity contribution in [3.63, 3.8) is 0 Å². The lowest BCUT2D eigenvalue weighted by Gasteiger charge is -2.06. The zero-order chi connectivity index (χ0) is 18.4. The molecule has 0 saturated heterocycles. The van der Waals surface area contributed by atoms with Crippen LogP contribution in [0.4, 0.5) is 0 Å². The van der Waals surface area contributed by atoms with E-state index >= 15 is 0 Å². The van der Waals surface area contributed by atoms with E-state index in [0.29, 0.717) is 16.3 Å². The number of hydrogen-bond acceptors (Lipinski definition) is 6. The van der Waals surface area contributed by atoms with Crippen LogP contribution in [0.25, 0.3) is 17.4 Å². The Morgan fingerprint density at radius 1 is 1.32 bits per heavy atom. The molecule has 1 aromatic carbocycles. The van der Waals surface area contributed by atoms with E-state index in [1.165, 1.54) is 19.3 Å². The predicted octanol–water partition coefficient (Wildman–Crippen LogP) is 3.86. The molecule has 0 aliphatic heterocycles. The minimum absolute atomic E-state index is 0.159. The van der Waals surface area contributed by atoms with Gasteiger partial charge in [0.25, 0.3) is 0 Å². The number of ether oxygens (including phenoxy) is 2. The number of carbonyl (C=O) groups is 2. The van der Waals surface area contributed by atoms with Crippen molar-refractivity contribution in [2.75, 3.05) is 13.7 Å². The molecule has 0 saturated carbocycles. The van der Waals surface area contributed by atoms with Crippen LogP contribution in [-0.4, -0.2) is 25.7 Å². The lowest BCUT2D eigenvalue weighted by molar-refractivity contribution is -0.137. The molecule has 0 amide bonds. The topological polar surface area (TPSA) is 89.5 Å². The van der Waals surface area contributed by atoms with Crippen LogP contribution < -0.4 is 0 Å². The molecular weight excluding hydrogens is 346 g/mol. The van der Waals surface area contributed by atoms with Crippen LogP contribution >= 0.6 is 11.6 Å². The lowest BCUT2D eigenvalue weighted by Crippen LogP contribution is -2.05. The second-order valence-electron chi connectivity index (χ2n) is 4.77. The standard InChI is InChI=1S/C18H14ClNO5/c1-3-24-17(21)11(10-20)8-13-5-7-16(25-13)15-9-12(19)4-6-14(15)18(22)23-2/h4-9H,3H2,1-2H3/b11-8+. The molecule has 6 nitrogen and oxygen atoms in total. The monoisotopic (exact) mass is 359 g/mol. The highest BCUT2D eigenvalue weighted by atomic mass is 35.5. The molecule has 0 N–H and O–H groups in total. The van der Waals surface area contributed by atoms with Crippen LogP contribution in [0, 0.1) is 11.3 Å². The van der Waals surface area contributed by atoms with Crippen LogP contribution in [0.1, 0.15) is 23.0 Å². The van der Waals surface area contributed by atoms with Crippen LogP contribution in [0.5, 0.6) is 0 Å². The highest BCUT2D eigenvalue weighted by Crippen LogP contribution is 2.30. The van der Waals surface area contributed by atoms with Gasteiger partial charge in [-0.3, -0.25) is 0 Å². The summed E-state index contributed by atoms with van der Waals surface area (Å²) in [5.41, 5.74) is 0.526. The molecule has 0 fully saturated rings. The van der Waals surface area contributed by atoms with E-state index in [4.69, 9.17) is 30.8 Å². The Labute approximate surface area is 149 Å². The van der Waals surface area contributed by atoms with Crippen LogP contribution in [0.3, 0.4) is 0 Å². The molecule has 0 aliphatic rings. The summed E-state index contributed by atoms with van der Waals surface area (Å²) in [5, 5.41) is 9.47. The number of benzene rings is 1. The maximum Gasteiger partial charge on any atom is 0.349 e. The van der Waals surface area contributed by atoms with E-state index in [1.54, 1.807) is 37.3 Å². The highest BCUT2D eigenvalue weighted by Gasteiger charge is 2.17. The lowest BCUT2D eigenvalue weighted by atomic mass is 10.1. The molecule has 7 heteroatoms. The number of furan rings is 1. The Balaban J connectivity index is 2.43. The summed E-state index contributed by atoms with van der Waals surface area (Å²) in [6.07, 6.45) is 1.27. The van der Waals surface area contributed by atoms with Crippen molar-refractivity contribution in [3.8, 4) is 17.4 Å². The SMILES string of the molecule is CCOC(=O)/C(C#N)=C/c1ccc(-c2cc(Cl)ccc2C(=O)OC)o1. The fourth-order valence-corrected chi connectivity index (χ4v) is 2.24. The maximum absolute atomic E-state index is 11.9. The van der Waals surface area contributed by atoms with Gasteiger partial charge in [-0.15, -0.1) is 0 Å². The minimum atomic E-state index is -0.735. The Morgan fingerprint density at radius 3 is 2.72 bits per heavy atom. The molecule has 1 heterocycles. The van der Waals surface area contributed by atoms with Gasteiger partial charge in [0, 0.05) is 16.7 Å². The molecule has 1 aromatic heterocycles. The Morgan fingerprint density at radius 2 is 2.08 bits per heavy atom. The van der Waals surface area contributed by atoms with Gasteiger partial charge in [-0.1, -0.05) is 11.6 Å². The Kier molecular flexibility index (Phi) is 5.98. The fraction of sp³-hybridized carbons (Fsp3) is 0.167. The molecule has 2 rings (SSSR count). The molecule has 0 spiro atoms. The number of nitriles is 1. The van der Waals surface area contributed by atoms with Crippen molar-refractivity contribution < 1.29 is 23.5 Å². The van der Waals surface area contributed by atoms with Crippen molar-refractivity contribution in [1.29, 1.82) is 5.26 Å². The van der Waals surface area contributed by atoms with Crippen molar-refractivity contribution in [1.82, 2.24) is 0 Å². The molecule has 25 heavy (non-hydrogen) atoms. The van der Waals surface area contributed by atoms with E-state index in [2.05, 4.69) is 0 Å². The van der Waals surface area contributed by atoms with E-state index in [0.717, 1.165) is 0 Å². The maximum atomic E-state index is 11.9. The summed E-state index contributed by atoms with van der Waals surface area (Å²) in [4.78, 5) is 23.5. The number of hydrogen-bond donors (Lipinski definition) is 0. The molecular formula is C18H14ClNO5. The highest BCUT2D eigenvalue weighted by molar-refractivity contribution is 6.31. The van der Waals surface area contributed by atoms with Crippen LogP contribution in [0.15, 0.2) is 40.3 Å². The molecule has 0 atom stereocenters. The van der Waals surface area contributed by atoms with Gasteiger partial charge in [-0.25, -0.2) is 9.59 Å². The van der Waals surface area contributed by atoms with Gasteiger partial charge in [0.1, 0.15) is 23.2 Å². The van der Waals surface area contributed by atoms with Gasteiger partial charge >= 0.3 is 11.9 Å². The zero-order valence-electron chi connectivity index (χ0n) is 13.5. The van der Waals surface area contributed by atoms with Crippen LogP contribution in [0.2, 0.25) is 5.02 Å². The van der Waals surface area contributed by atoms with Gasteiger partial charge in [-0.05, 0) is 37.3 Å². The number of nitrogens with zero attached hydrogens (tertiary/aromatic N) is 1. The Bertz CT molecular complexity index is 876. The average molecular weight is 360 g/mol. The number of methoxy groups -OCH3 is 1. The summed E-state index contributed by atoms with van der Waals surface area (Å²) < 4.78 is 15.2. The van der Waals surface area contributed by atoms with Crippen molar-refractivity contribution in [2.24, 2.45) is 0 Å². The van der Waals surface area contributed by atoms with Gasteiger partial charge in [0.05, 0.1) is 19.3 Å². The first-order chi connectivity index (χ1) is 12.0. The van der Waals surface area contributed by atoms with E-state index < -0.39 is 11.9 Å². The van der Waals surface area contributed by atoms with Gasteiger partial charge in [0.15, 0.2) is 0 Å².